The minimum atomic E-state index is -0.837. The predicted molar refractivity (Wildman–Crippen MR) is 67.5 cm³/mol. The summed E-state index contributed by atoms with van der Waals surface area (Å²) in [6, 6.07) is 3.59. The van der Waals surface area contributed by atoms with Gasteiger partial charge in [0.2, 0.25) is 5.91 Å². The Kier molecular flexibility index (Phi) is 5.44. The minimum absolute atomic E-state index is 0.0195. The highest BCUT2D eigenvalue weighted by Gasteiger charge is 2.11. The predicted octanol–water partition coefficient (Wildman–Crippen LogP) is 2.27. The number of hydrogen-bond donors (Lipinski definition) is 1. The molecule has 17 heavy (non-hydrogen) atoms. The van der Waals surface area contributed by atoms with Crippen molar-refractivity contribution >= 4 is 34.8 Å². The summed E-state index contributed by atoms with van der Waals surface area (Å²) in [5, 5.41) is 8.49. The molecule has 0 bridgehead atoms. The van der Waals surface area contributed by atoms with Gasteiger partial charge >= 0.3 is 5.97 Å². The number of hydrogen-bond acceptors (Lipinski definition) is 3. The normalized spacial score (nSPS) is 10.2. The first kappa shape index (κ1) is 14.0. The molecule has 0 radical (unpaired) electrons. The second-order valence-electron chi connectivity index (χ2n) is 3.70. The van der Waals surface area contributed by atoms with E-state index in [4.69, 9.17) is 16.7 Å². The SMILES string of the molecule is CN(CCCC(=O)O)C(=O)Cc1ccc(Cl)s1. The fraction of sp³-hybridized carbons (Fsp3) is 0.455. The van der Waals surface area contributed by atoms with Crippen LogP contribution in [0.4, 0.5) is 0 Å². The maximum absolute atomic E-state index is 11.7. The molecular formula is C11H14ClNO3S. The minimum Gasteiger partial charge on any atom is -0.481 e. The summed E-state index contributed by atoms with van der Waals surface area (Å²) in [7, 11) is 1.68. The number of nitrogens with zero attached hydrogens (tertiary/aromatic N) is 1. The number of aliphatic carboxylic acids is 1. The first-order valence-corrected chi connectivity index (χ1v) is 6.38. The number of likely N-dealkylation sites (N-methyl/N-ethyl adjacent to an activating group) is 1. The van der Waals surface area contributed by atoms with E-state index in [0.29, 0.717) is 23.7 Å². The number of carboxylic acids is 1. The smallest absolute Gasteiger partial charge is 0.303 e. The average molecular weight is 276 g/mol. The van der Waals surface area contributed by atoms with E-state index in [2.05, 4.69) is 0 Å². The molecule has 0 unspecified atom stereocenters. The van der Waals surface area contributed by atoms with Gasteiger partial charge in [0.25, 0.3) is 0 Å². The van der Waals surface area contributed by atoms with Crippen LogP contribution in [-0.2, 0) is 16.0 Å². The molecule has 1 heterocycles. The third kappa shape index (κ3) is 5.19. The lowest BCUT2D eigenvalue weighted by Gasteiger charge is -2.15. The summed E-state index contributed by atoms with van der Waals surface area (Å²) in [6.07, 6.45) is 0.881. The van der Waals surface area contributed by atoms with Gasteiger partial charge < -0.3 is 10.0 Å². The van der Waals surface area contributed by atoms with Crippen LogP contribution >= 0.6 is 22.9 Å². The van der Waals surface area contributed by atoms with E-state index >= 15 is 0 Å². The second kappa shape index (κ2) is 6.61. The monoisotopic (exact) mass is 275 g/mol. The Morgan fingerprint density at radius 1 is 1.47 bits per heavy atom. The summed E-state index contributed by atoms with van der Waals surface area (Å²) in [5.74, 6) is -0.857. The fourth-order valence-electron chi connectivity index (χ4n) is 1.32. The molecular weight excluding hydrogens is 262 g/mol. The Hall–Kier alpha value is -1.07. The number of thiophene rings is 1. The molecule has 0 aliphatic rings. The van der Waals surface area contributed by atoms with Crippen molar-refractivity contribution in [3.63, 3.8) is 0 Å². The van der Waals surface area contributed by atoms with Gasteiger partial charge in [0.15, 0.2) is 0 Å². The van der Waals surface area contributed by atoms with Crippen molar-refractivity contribution in [1.29, 1.82) is 0 Å². The third-order valence-corrected chi connectivity index (χ3v) is 3.50. The maximum atomic E-state index is 11.7. The Morgan fingerprint density at radius 3 is 2.71 bits per heavy atom. The van der Waals surface area contributed by atoms with Crippen molar-refractivity contribution in [2.75, 3.05) is 13.6 Å². The number of carbonyl (C=O) groups excluding carboxylic acids is 1. The summed E-state index contributed by atoms with van der Waals surface area (Å²) in [4.78, 5) is 24.5. The van der Waals surface area contributed by atoms with Crippen molar-refractivity contribution in [3.8, 4) is 0 Å². The lowest BCUT2D eigenvalue weighted by molar-refractivity contribution is -0.137. The molecule has 0 atom stereocenters. The molecule has 0 saturated heterocycles. The van der Waals surface area contributed by atoms with Crippen LogP contribution in [0.5, 0.6) is 0 Å². The molecule has 1 N–H and O–H groups in total. The van der Waals surface area contributed by atoms with Gasteiger partial charge in [-0.15, -0.1) is 11.3 Å². The maximum Gasteiger partial charge on any atom is 0.303 e. The topological polar surface area (TPSA) is 57.6 Å². The molecule has 0 spiro atoms. The number of carbonyl (C=O) groups is 2. The highest BCUT2D eigenvalue weighted by molar-refractivity contribution is 7.16. The van der Waals surface area contributed by atoms with Crippen molar-refractivity contribution in [1.82, 2.24) is 4.90 Å². The quantitative estimate of drug-likeness (QED) is 0.866. The van der Waals surface area contributed by atoms with Gasteiger partial charge in [0.05, 0.1) is 10.8 Å². The van der Waals surface area contributed by atoms with E-state index in [0.717, 1.165) is 4.88 Å². The zero-order chi connectivity index (χ0) is 12.8. The molecule has 0 aliphatic heterocycles. The number of amides is 1. The zero-order valence-electron chi connectivity index (χ0n) is 9.48. The van der Waals surface area contributed by atoms with Gasteiger partial charge in [-0.25, -0.2) is 0 Å². The molecule has 1 aromatic rings. The Bertz CT molecular complexity index is 405. The highest BCUT2D eigenvalue weighted by Crippen LogP contribution is 2.22. The number of rotatable bonds is 6. The van der Waals surface area contributed by atoms with Gasteiger partial charge in [-0.2, -0.15) is 0 Å². The number of halogens is 1. The Balaban J connectivity index is 2.34. The lowest BCUT2D eigenvalue weighted by Crippen LogP contribution is -2.29. The van der Waals surface area contributed by atoms with Gasteiger partial charge in [0, 0.05) is 24.9 Å². The second-order valence-corrected chi connectivity index (χ2v) is 5.49. The molecule has 0 aliphatic carbocycles. The molecule has 1 rings (SSSR count). The van der Waals surface area contributed by atoms with E-state index < -0.39 is 5.97 Å². The van der Waals surface area contributed by atoms with E-state index in [1.165, 1.54) is 11.3 Å². The van der Waals surface area contributed by atoms with Crippen molar-refractivity contribution in [3.05, 3.63) is 21.3 Å². The van der Waals surface area contributed by atoms with E-state index in [9.17, 15) is 9.59 Å². The van der Waals surface area contributed by atoms with Crippen LogP contribution in [-0.4, -0.2) is 35.5 Å². The van der Waals surface area contributed by atoms with Gasteiger partial charge in [-0.3, -0.25) is 9.59 Å². The standard InChI is InChI=1S/C11H14ClNO3S/c1-13(6-2-3-11(15)16)10(14)7-8-4-5-9(12)17-8/h4-5H,2-3,6-7H2,1H3,(H,15,16). The van der Waals surface area contributed by atoms with Gasteiger partial charge in [-0.05, 0) is 18.6 Å². The van der Waals surface area contributed by atoms with Crippen molar-refractivity contribution in [2.45, 2.75) is 19.3 Å². The van der Waals surface area contributed by atoms with Crippen LogP contribution in [0, 0.1) is 0 Å². The molecule has 1 amide bonds. The van der Waals surface area contributed by atoms with Crippen molar-refractivity contribution < 1.29 is 14.7 Å². The largest absolute Gasteiger partial charge is 0.481 e. The molecule has 6 heteroatoms. The average Bonchev–Trinajstić information content (AvgIpc) is 2.63. The first-order chi connectivity index (χ1) is 7.99. The van der Waals surface area contributed by atoms with Gasteiger partial charge in [0.1, 0.15) is 0 Å². The molecule has 0 aromatic carbocycles. The van der Waals surface area contributed by atoms with Crippen LogP contribution in [0.3, 0.4) is 0 Å². The summed E-state index contributed by atoms with van der Waals surface area (Å²) in [6.45, 7) is 0.463. The number of carboxylic acid groups (broad SMARTS) is 1. The third-order valence-electron chi connectivity index (χ3n) is 2.26. The van der Waals surface area contributed by atoms with Crippen LogP contribution in [0.25, 0.3) is 0 Å². The van der Waals surface area contributed by atoms with Crippen LogP contribution in [0.2, 0.25) is 4.34 Å². The lowest BCUT2D eigenvalue weighted by atomic mass is 10.2. The van der Waals surface area contributed by atoms with E-state index in [-0.39, 0.29) is 12.3 Å². The first-order valence-electron chi connectivity index (χ1n) is 5.19. The molecule has 1 aromatic heterocycles. The summed E-state index contributed by atoms with van der Waals surface area (Å²) < 4.78 is 0.668. The Labute approximate surface area is 109 Å². The van der Waals surface area contributed by atoms with Crippen LogP contribution in [0.1, 0.15) is 17.7 Å². The fourth-order valence-corrected chi connectivity index (χ4v) is 2.40. The van der Waals surface area contributed by atoms with Gasteiger partial charge in [-0.1, -0.05) is 11.6 Å². The molecule has 4 nitrogen and oxygen atoms in total. The van der Waals surface area contributed by atoms with Crippen molar-refractivity contribution in [2.24, 2.45) is 0 Å². The van der Waals surface area contributed by atoms with E-state index in [1.807, 2.05) is 6.07 Å². The zero-order valence-corrected chi connectivity index (χ0v) is 11.1. The Morgan fingerprint density at radius 2 is 2.18 bits per heavy atom. The van der Waals surface area contributed by atoms with Crippen LogP contribution in [0.15, 0.2) is 12.1 Å². The van der Waals surface area contributed by atoms with Crippen LogP contribution < -0.4 is 0 Å². The summed E-state index contributed by atoms with van der Waals surface area (Å²) in [5.41, 5.74) is 0. The molecule has 0 saturated carbocycles. The highest BCUT2D eigenvalue weighted by atomic mass is 35.5. The van der Waals surface area contributed by atoms with E-state index in [1.54, 1.807) is 18.0 Å². The molecule has 94 valence electrons. The molecule has 0 fully saturated rings. The summed E-state index contributed by atoms with van der Waals surface area (Å²) >= 11 is 7.16.